The Kier molecular flexibility index (Phi) is 3.62. The van der Waals surface area contributed by atoms with E-state index in [9.17, 15) is 0 Å². The van der Waals surface area contributed by atoms with Crippen molar-refractivity contribution >= 4 is 0 Å². The van der Waals surface area contributed by atoms with Gasteiger partial charge in [-0.3, -0.25) is 0 Å². The van der Waals surface area contributed by atoms with Crippen LogP contribution in [0.4, 0.5) is 0 Å². The Bertz CT molecular complexity index is 329. The molecule has 0 bridgehead atoms. The van der Waals surface area contributed by atoms with Crippen molar-refractivity contribution in [2.45, 2.75) is 44.7 Å². The molecule has 88 valence electrons. The van der Waals surface area contributed by atoms with Gasteiger partial charge in [-0.05, 0) is 36.4 Å². The average molecular weight is 218 g/mol. The molecule has 2 atom stereocenters. The fourth-order valence-electron chi connectivity index (χ4n) is 2.31. The first-order valence-electron chi connectivity index (χ1n) is 6.25. The van der Waals surface area contributed by atoms with Gasteiger partial charge in [-0.25, -0.2) is 0 Å². The molecule has 1 aliphatic rings. The molecular formula is C14H22N2. The van der Waals surface area contributed by atoms with E-state index in [1.807, 2.05) is 0 Å². The summed E-state index contributed by atoms with van der Waals surface area (Å²) < 4.78 is 0. The van der Waals surface area contributed by atoms with Crippen molar-refractivity contribution < 1.29 is 0 Å². The first-order chi connectivity index (χ1) is 7.66. The predicted octanol–water partition coefficient (Wildman–Crippen LogP) is 2.56. The second kappa shape index (κ2) is 4.98. The highest BCUT2D eigenvalue weighted by atomic mass is 14.9. The lowest BCUT2D eigenvalue weighted by Gasteiger charge is -2.28. The minimum atomic E-state index is 0.357. The Morgan fingerprint density at radius 3 is 2.50 bits per heavy atom. The third kappa shape index (κ3) is 2.63. The van der Waals surface area contributed by atoms with Gasteiger partial charge in [-0.1, -0.05) is 38.1 Å². The van der Waals surface area contributed by atoms with E-state index in [4.69, 9.17) is 5.73 Å². The number of nitrogens with one attached hydrogen (secondary N) is 1. The number of benzene rings is 1. The molecule has 1 fully saturated rings. The minimum Gasteiger partial charge on any atom is -0.328 e. The first kappa shape index (κ1) is 11.6. The summed E-state index contributed by atoms with van der Waals surface area (Å²) in [6.45, 7) is 5.49. The summed E-state index contributed by atoms with van der Waals surface area (Å²) >= 11 is 0. The molecule has 0 aromatic heterocycles. The van der Waals surface area contributed by atoms with Crippen molar-refractivity contribution in [3.8, 4) is 0 Å². The zero-order valence-electron chi connectivity index (χ0n) is 10.2. The molecule has 2 nitrogen and oxygen atoms in total. The molecule has 0 saturated carbocycles. The molecule has 2 rings (SSSR count). The maximum absolute atomic E-state index is 6.00. The van der Waals surface area contributed by atoms with Crippen molar-refractivity contribution in [3.63, 3.8) is 0 Å². The summed E-state index contributed by atoms with van der Waals surface area (Å²) in [6, 6.07) is 9.76. The molecule has 2 heteroatoms. The second-order valence-corrected chi connectivity index (χ2v) is 5.11. The number of hydrogen-bond acceptors (Lipinski definition) is 2. The van der Waals surface area contributed by atoms with Gasteiger partial charge in [-0.2, -0.15) is 0 Å². The van der Waals surface area contributed by atoms with E-state index in [0.29, 0.717) is 18.0 Å². The Morgan fingerprint density at radius 2 is 1.94 bits per heavy atom. The lowest BCUT2D eigenvalue weighted by Crippen LogP contribution is -2.38. The normalized spacial score (nSPS) is 26.0. The van der Waals surface area contributed by atoms with Crippen molar-refractivity contribution in [1.29, 1.82) is 0 Å². The van der Waals surface area contributed by atoms with Crippen LogP contribution in [0.15, 0.2) is 24.3 Å². The topological polar surface area (TPSA) is 38.0 Å². The van der Waals surface area contributed by atoms with Crippen molar-refractivity contribution in [1.82, 2.24) is 5.32 Å². The fraction of sp³-hybridized carbons (Fsp3) is 0.571. The molecule has 0 radical (unpaired) electrons. The Labute approximate surface area is 98.2 Å². The lowest BCUT2D eigenvalue weighted by atomic mass is 9.92. The average Bonchev–Trinajstić information content (AvgIpc) is 2.29. The standard InChI is InChI=1S/C14H22N2/c1-10(2)11-3-5-12(6-4-11)14-9-13(15)7-8-16-14/h3-6,10,13-14,16H,7-9,15H2,1-2H3. The van der Waals surface area contributed by atoms with E-state index in [1.54, 1.807) is 0 Å². The molecule has 1 aromatic carbocycles. The zero-order valence-corrected chi connectivity index (χ0v) is 10.2. The van der Waals surface area contributed by atoms with E-state index in [1.165, 1.54) is 11.1 Å². The number of nitrogens with two attached hydrogens (primary N) is 1. The van der Waals surface area contributed by atoms with Gasteiger partial charge in [0.15, 0.2) is 0 Å². The van der Waals surface area contributed by atoms with Gasteiger partial charge in [0.25, 0.3) is 0 Å². The van der Waals surface area contributed by atoms with Gasteiger partial charge < -0.3 is 11.1 Å². The van der Waals surface area contributed by atoms with E-state index in [-0.39, 0.29) is 0 Å². The highest BCUT2D eigenvalue weighted by molar-refractivity contribution is 5.27. The summed E-state index contributed by atoms with van der Waals surface area (Å²) in [5, 5.41) is 3.53. The maximum atomic E-state index is 6.00. The van der Waals surface area contributed by atoms with Crippen LogP contribution in [0, 0.1) is 0 Å². The van der Waals surface area contributed by atoms with Crippen LogP contribution in [0.25, 0.3) is 0 Å². The first-order valence-corrected chi connectivity index (χ1v) is 6.25. The van der Waals surface area contributed by atoms with E-state index < -0.39 is 0 Å². The van der Waals surface area contributed by atoms with Crippen molar-refractivity contribution in [2.24, 2.45) is 5.73 Å². The molecule has 1 heterocycles. The third-order valence-corrected chi connectivity index (χ3v) is 3.45. The fourth-order valence-corrected chi connectivity index (χ4v) is 2.31. The van der Waals surface area contributed by atoms with Crippen LogP contribution >= 0.6 is 0 Å². The highest BCUT2D eigenvalue weighted by Crippen LogP contribution is 2.24. The van der Waals surface area contributed by atoms with E-state index in [0.717, 1.165) is 19.4 Å². The van der Waals surface area contributed by atoms with Crippen LogP contribution < -0.4 is 11.1 Å². The molecule has 3 N–H and O–H groups in total. The van der Waals surface area contributed by atoms with E-state index >= 15 is 0 Å². The number of rotatable bonds is 2. The largest absolute Gasteiger partial charge is 0.328 e. The van der Waals surface area contributed by atoms with Gasteiger partial charge in [0.2, 0.25) is 0 Å². The zero-order chi connectivity index (χ0) is 11.5. The summed E-state index contributed by atoms with van der Waals surface area (Å²) in [5.41, 5.74) is 8.78. The minimum absolute atomic E-state index is 0.357. The van der Waals surface area contributed by atoms with Crippen LogP contribution in [-0.2, 0) is 0 Å². The molecule has 1 aromatic rings. The SMILES string of the molecule is CC(C)c1ccc(C2CC(N)CCN2)cc1. The Morgan fingerprint density at radius 1 is 1.25 bits per heavy atom. The molecule has 0 amide bonds. The highest BCUT2D eigenvalue weighted by Gasteiger charge is 2.19. The van der Waals surface area contributed by atoms with Crippen LogP contribution in [0.1, 0.15) is 49.8 Å². The molecule has 0 spiro atoms. The molecule has 0 aliphatic carbocycles. The molecule has 16 heavy (non-hydrogen) atoms. The van der Waals surface area contributed by atoms with E-state index in [2.05, 4.69) is 43.4 Å². The lowest BCUT2D eigenvalue weighted by molar-refractivity contribution is 0.369. The van der Waals surface area contributed by atoms with Crippen LogP contribution in [-0.4, -0.2) is 12.6 Å². The quantitative estimate of drug-likeness (QED) is 0.800. The number of piperidine rings is 1. The van der Waals surface area contributed by atoms with Gasteiger partial charge in [-0.15, -0.1) is 0 Å². The van der Waals surface area contributed by atoms with Gasteiger partial charge in [0.1, 0.15) is 0 Å². The molecule has 1 saturated heterocycles. The summed E-state index contributed by atoms with van der Waals surface area (Å²) in [7, 11) is 0. The second-order valence-electron chi connectivity index (χ2n) is 5.11. The Hall–Kier alpha value is -0.860. The van der Waals surface area contributed by atoms with Crippen molar-refractivity contribution in [2.75, 3.05) is 6.54 Å². The molecule has 2 unspecified atom stereocenters. The summed E-state index contributed by atoms with van der Waals surface area (Å²) in [5.74, 6) is 0.607. The third-order valence-electron chi connectivity index (χ3n) is 3.45. The monoisotopic (exact) mass is 218 g/mol. The Balaban J connectivity index is 2.09. The van der Waals surface area contributed by atoms with Crippen LogP contribution in [0.5, 0.6) is 0 Å². The van der Waals surface area contributed by atoms with Crippen molar-refractivity contribution in [3.05, 3.63) is 35.4 Å². The molecular weight excluding hydrogens is 196 g/mol. The van der Waals surface area contributed by atoms with Gasteiger partial charge >= 0.3 is 0 Å². The van der Waals surface area contributed by atoms with Crippen LogP contribution in [0.3, 0.4) is 0 Å². The summed E-state index contributed by atoms with van der Waals surface area (Å²) in [6.07, 6.45) is 2.15. The maximum Gasteiger partial charge on any atom is 0.0334 e. The predicted molar refractivity (Wildman–Crippen MR) is 68.5 cm³/mol. The number of hydrogen-bond donors (Lipinski definition) is 2. The molecule has 1 aliphatic heterocycles. The van der Waals surface area contributed by atoms with Crippen LogP contribution in [0.2, 0.25) is 0 Å². The summed E-state index contributed by atoms with van der Waals surface area (Å²) in [4.78, 5) is 0. The van der Waals surface area contributed by atoms with Gasteiger partial charge in [0, 0.05) is 12.1 Å². The van der Waals surface area contributed by atoms with Gasteiger partial charge in [0.05, 0.1) is 0 Å². The smallest absolute Gasteiger partial charge is 0.0334 e.